The summed E-state index contributed by atoms with van der Waals surface area (Å²) in [4.78, 5) is 3.75. The second-order valence-corrected chi connectivity index (χ2v) is 5.40. The molecule has 1 aromatic rings. The topological polar surface area (TPSA) is 33.7 Å². The second kappa shape index (κ2) is 7.74. The summed E-state index contributed by atoms with van der Waals surface area (Å²) in [7, 11) is 1.73. The van der Waals surface area contributed by atoms with Crippen molar-refractivity contribution in [2.75, 3.05) is 46.5 Å². The summed E-state index contributed by atoms with van der Waals surface area (Å²) < 4.78 is 10.6. The van der Waals surface area contributed by atoms with Gasteiger partial charge < -0.3 is 14.8 Å². The van der Waals surface area contributed by atoms with Crippen molar-refractivity contribution in [2.45, 2.75) is 13.0 Å². The average Bonchev–Trinajstić information content (AvgIpc) is 2.87. The van der Waals surface area contributed by atoms with Gasteiger partial charge in [-0.1, -0.05) is 0 Å². The molecular weight excluding hydrogens is 248 g/mol. The lowest BCUT2D eigenvalue weighted by atomic mass is 10.3. The highest BCUT2D eigenvalue weighted by atomic mass is 32.1. The lowest BCUT2D eigenvalue weighted by molar-refractivity contribution is 0.0374. The first-order valence-electron chi connectivity index (χ1n) is 6.51. The summed E-state index contributed by atoms with van der Waals surface area (Å²) in [6.45, 7) is 7.07. The highest BCUT2D eigenvalue weighted by Gasteiger charge is 2.09. The van der Waals surface area contributed by atoms with Crippen molar-refractivity contribution in [1.29, 1.82) is 0 Å². The van der Waals surface area contributed by atoms with E-state index in [1.54, 1.807) is 18.4 Å². The van der Waals surface area contributed by atoms with E-state index in [2.05, 4.69) is 15.6 Å². The van der Waals surface area contributed by atoms with Gasteiger partial charge in [0.05, 0.1) is 25.2 Å². The Labute approximate surface area is 113 Å². The van der Waals surface area contributed by atoms with Crippen LogP contribution in [0.1, 0.15) is 11.3 Å². The van der Waals surface area contributed by atoms with Crippen LogP contribution in [0.25, 0.3) is 0 Å². The summed E-state index contributed by atoms with van der Waals surface area (Å²) in [5.41, 5.74) is 0. The van der Waals surface area contributed by atoms with Crippen molar-refractivity contribution in [3.8, 4) is 5.75 Å². The molecule has 0 aliphatic carbocycles. The molecule has 0 amide bonds. The van der Waals surface area contributed by atoms with Crippen molar-refractivity contribution >= 4 is 11.3 Å². The molecule has 0 unspecified atom stereocenters. The number of hydrogen-bond acceptors (Lipinski definition) is 5. The van der Waals surface area contributed by atoms with Crippen LogP contribution in [0.15, 0.2) is 11.4 Å². The number of thiophene rings is 1. The summed E-state index contributed by atoms with van der Waals surface area (Å²) in [6.07, 6.45) is 1.19. The molecule has 0 saturated carbocycles. The molecule has 0 radical (unpaired) electrons. The number of hydrogen-bond donors (Lipinski definition) is 1. The molecule has 1 aliphatic rings. The van der Waals surface area contributed by atoms with Crippen LogP contribution < -0.4 is 10.1 Å². The SMILES string of the molecule is COc1ccsc1CNCCCN1CCOCC1. The molecule has 1 N–H and O–H groups in total. The summed E-state index contributed by atoms with van der Waals surface area (Å²) in [6, 6.07) is 2.02. The number of rotatable bonds is 7. The molecule has 0 atom stereocenters. The lowest BCUT2D eigenvalue weighted by Crippen LogP contribution is -2.37. The van der Waals surface area contributed by atoms with Gasteiger partial charge in [-0.2, -0.15) is 0 Å². The molecule has 102 valence electrons. The molecule has 1 aliphatic heterocycles. The van der Waals surface area contributed by atoms with Crippen molar-refractivity contribution in [1.82, 2.24) is 10.2 Å². The van der Waals surface area contributed by atoms with E-state index >= 15 is 0 Å². The molecule has 0 aromatic carbocycles. The van der Waals surface area contributed by atoms with Crippen LogP contribution in [0.4, 0.5) is 0 Å². The van der Waals surface area contributed by atoms with E-state index in [0.717, 1.165) is 51.7 Å². The fourth-order valence-electron chi connectivity index (χ4n) is 2.09. The standard InChI is InChI=1S/C13H22N2O2S/c1-16-12-3-10-18-13(12)11-14-4-2-5-15-6-8-17-9-7-15/h3,10,14H,2,4-9,11H2,1H3. The zero-order chi connectivity index (χ0) is 12.6. The van der Waals surface area contributed by atoms with Crippen LogP contribution in [0.2, 0.25) is 0 Å². The van der Waals surface area contributed by atoms with Gasteiger partial charge in [0.25, 0.3) is 0 Å². The number of ether oxygens (including phenoxy) is 2. The first kappa shape index (κ1) is 13.8. The molecule has 4 nitrogen and oxygen atoms in total. The molecular formula is C13H22N2O2S. The van der Waals surface area contributed by atoms with Crippen LogP contribution in [-0.2, 0) is 11.3 Å². The van der Waals surface area contributed by atoms with Crippen LogP contribution in [0.3, 0.4) is 0 Å². The molecule has 1 saturated heterocycles. The van der Waals surface area contributed by atoms with E-state index in [1.807, 2.05) is 6.07 Å². The Bertz CT molecular complexity index is 337. The second-order valence-electron chi connectivity index (χ2n) is 4.40. The minimum atomic E-state index is 0.889. The third-order valence-electron chi connectivity index (χ3n) is 3.14. The predicted octanol–water partition coefficient (Wildman–Crippen LogP) is 1.57. The number of methoxy groups -OCH3 is 1. The Morgan fingerprint density at radius 1 is 1.44 bits per heavy atom. The first-order valence-corrected chi connectivity index (χ1v) is 7.39. The number of morpholine rings is 1. The molecule has 1 aromatic heterocycles. The highest BCUT2D eigenvalue weighted by molar-refractivity contribution is 7.10. The molecule has 5 heteroatoms. The van der Waals surface area contributed by atoms with Crippen molar-refractivity contribution < 1.29 is 9.47 Å². The predicted molar refractivity (Wildman–Crippen MR) is 74.5 cm³/mol. The number of nitrogens with one attached hydrogen (secondary N) is 1. The normalized spacial score (nSPS) is 16.9. The van der Waals surface area contributed by atoms with Crippen LogP contribution >= 0.6 is 11.3 Å². The molecule has 2 rings (SSSR count). The van der Waals surface area contributed by atoms with E-state index in [4.69, 9.17) is 9.47 Å². The lowest BCUT2D eigenvalue weighted by Gasteiger charge is -2.26. The largest absolute Gasteiger partial charge is 0.496 e. The fourth-order valence-corrected chi connectivity index (χ4v) is 2.90. The number of nitrogens with zero attached hydrogens (tertiary/aromatic N) is 1. The average molecular weight is 270 g/mol. The van der Waals surface area contributed by atoms with Crippen LogP contribution in [0.5, 0.6) is 5.75 Å². The quantitative estimate of drug-likeness (QED) is 0.763. The van der Waals surface area contributed by atoms with E-state index in [9.17, 15) is 0 Å². The third kappa shape index (κ3) is 4.24. The fraction of sp³-hybridized carbons (Fsp3) is 0.692. The molecule has 2 heterocycles. The van der Waals surface area contributed by atoms with Crippen molar-refractivity contribution in [3.05, 3.63) is 16.3 Å². The third-order valence-corrected chi connectivity index (χ3v) is 4.04. The van der Waals surface area contributed by atoms with Gasteiger partial charge in [0.1, 0.15) is 5.75 Å². The maximum Gasteiger partial charge on any atom is 0.134 e. The molecule has 18 heavy (non-hydrogen) atoms. The van der Waals surface area contributed by atoms with E-state index < -0.39 is 0 Å². The monoisotopic (exact) mass is 270 g/mol. The molecule has 0 bridgehead atoms. The van der Waals surface area contributed by atoms with Crippen LogP contribution in [0, 0.1) is 0 Å². The summed E-state index contributed by atoms with van der Waals surface area (Å²) in [5.74, 6) is 1.00. The smallest absolute Gasteiger partial charge is 0.134 e. The van der Waals surface area contributed by atoms with Gasteiger partial charge in [0.2, 0.25) is 0 Å². The Morgan fingerprint density at radius 2 is 2.28 bits per heavy atom. The minimum Gasteiger partial charge on any atom is -0.496 e. The Morgan fingerprint density at radius 3 is 3.06 bits per heavy atom. The van der Waals surface area contributed by atoms with Gasteiger partial charge in [-0.15, -0.1) is 11.3 Å². The maximum atomic E-state index is 5.33. The summed E-state index contributed by atoms with van der Waals surface area (Å²) >= 11 is 1.75. The van der Waals surface area contributed by atoms with Gasteiger partial charge in [-0.3, -0.25) is 4.90 Å². The van der Waals surface area contributed by atoms with Gasteiger partial charge >= 0.3 is 0 Å². The van der Waals surface area contributed by atoms with E-state index in [0.29, 0.717) is 0 Å². The maximum absolute atomic E-state index is 5.33. The van der Waals surface area contributed by atoms with Gasteiger partial charge in [0, 0.05) is 19.6 Å². The van der Waals surface area contributed by atoms with E-state index in [-0.39, 0.29) is 0 Å². The van der Waals surface area contributed by atoms with Crippen molar-refractivity contribution in [3.63, 3.8) is 0 Å². The van der Waals surface area contributed by atoms with E-state index in [1.165, 1.54) is 11.3 Å². The Kier molecular flexibility index (Phi) is 5.93. The first-order chi connectivity index (χ1) is 8.90. The zero-order valence-corrected chi connectivity index (χ0v) is 11.8. The molecule has 1 fully saturated rings. The van der Waals surface area contributed by atoms with Crippen molar-refractivity contribution in [2.24, 2.45) is 0 Å². The summed E-state index contributed by atoms with van der Waals surface area (Å²) in [5, 5.41) is 5.55. The Hall–Kier alpha value is -0.620. The minimum absolute atomic E-state index is 0.889. The van der Waals surface area contributed by atoms with Crippen LogP contribution in [-0.4, -0.2) is 51.4 Å². The zero-order valence-electron chi connectivity index (χ0n) is 11.0. The van der Waals surface area contributed by atoms with Gasteiger partial charge in [-0.05, 0) is 31.0 Å². The van der Waals surface area contributed by atoms with Gasteiger partial charge in [-0.25, -0.2) is 0 Å². The molecule has 0 spiro atoms. The Balaban J connectivity index is 1.55. The highest BCUT2D eigenvalue weighted by Crippen LogP contribution is 2.23. The van der Waals surface area contributed by atoms with Gasteiger partial charge in [0.15, 0.2) is 0 Å².